The predicted octanol–water partition coefficient (Wildman–Crippen LogP) is 4.84. The summed E-state index contributed by atoms with van der Waals surface area (Å²) in [6, 6.07) is 0. The van der Waals surface area contributed by atoms with Crippen molar-refractivity contribution in [3.8, 4) is 0 Å². The Labute approximate surface area is 122 Å². The van der Waals surface area contributed by atoms with Gasteiger partial charge in [-0.25, -0.2) is 0 Å². The van der Waals surface area contributed by atoms with E-state index in [9.17, 15) is 0 Å². The number of nitrogens with zero attached hydrogens (tertiary/aromatic N) is 1. The summed E-state index contributed by atoms with van der Waals surface area (Å²) in [5.41, 5.74) is 0.580. The average Bonchev–Trinajstić information content (AvgIpc) is 2.58. The van der Waals surface area contributed by atoms with Crippen LogP contribution in [-0.2, 0) is 0 Å². The van der Waals surface area contributed by atoms with E-state index in [1.165, 1.54) is 82.8 Å². The van der Waals surface area contributed by atoms with Crippen LogP contribution in [0.5, 0.6) is 0 Å². The zero-order valence-corrected chi connectivity index (χ0v) is 13.7. The maximum atomic E-state index is 3.83. The smallest absolute Gasteiger partial charge is 0.0100 e. The second-order valence-corrected chi connectivity index (χ2v) is 7.23. The van der Waals surface area contributed by atoms with Crippen LogP contribution in [-0.4, -0.2) is 29.9 Å². The third-order valence-electron chi connectivity index (χ3n) is 5.20. The summed E-state index contributed by atoms with van der Waals surface area (Å²) in [4.78, 5) is 2.75. The molecule has 0 saturated heterocycles. The van der Waals surface area contributed by atoms with Crippen LogP contribution in [0, 0.1) is 11.3 Å². The molecule has 0 aliphatic heterocycles. The standard InChI is InChI=1S/C16H30BrN/c1-2-18(12-15-8-7-9-15)14-16(13-17)10-5-3-4-6-11-16/h15H,2-14H2,1H3. The van der Waals surface area contributed by atoms with Gasteiger partial charge in [0.25, 0.3) is 0 Å². The molecule has 0 spiro atoms. The maximum Gasteiger partial charge on any atom is 0.0100 e. The molecule has 2 fully saturated rings. The lowest BCUT2D eigenvalue weighted by atomic mass is 9.80. The maximum absolute atomic E-state index is 3.83. The van der Waals surface area contributed by atoms with E-state index in [1.807, 2.05) is 0 Å². The van der Waals surface area contributed by atoms with E-state index in [0.717, 1.165) is 5.92 Å². The molecule has 0 bridgehead atoms. The van der Waals surface area contributed by atoms with Gasteiger partial charge in [-0.1, -0.05) is 55.0 Å². The van der Waals surface area contributed by atoms with Crippen LogP contribution in [0.1, 0.15) is 64.7 Å². The van der Waals surface area contributed by atoms with Crippen molar-refractivity contribution in [3.05, 3.63) is 0 Å². The highest BCUT2D eigenvalue weighted by molar-refractivity contribution is 9.09. The molecule has 0 aromatic carbocycles. The van der Waals surface area contributed by atoms with Gasteiger partial charge >= 0.3 is 0 Å². The van der Waals surface area contributed by atoms with Crippen LogP contribution in [0.2, 0.25) is 0 Å². The van der Waals surface area contributed by atoms with Crippen molar-refractivity contribution >= 4 is 15.9 Å². The number of alkyl halides is 1. The molecule has 0 heterocycles. The monoisotopic (exact) mass is 315 g/mol. The highest BCUT2D eigenvalue weighted by Crippen LogP contribution is 2.38. The molecule has 0 aromatic heterocycles. The van der Waals surface area contributed by atoms with Gasteiger partial charge < -0.3 is 4.90 Å². The van der Waals surface area contributed by atoms with Gasteiger partial charge in [-0.15, -0.1) is 0 Å². The first-order chi connectivity index (χ1) is 8.78. The van der Waals surface area contributed by atoms with E-state index >= 15 is 0 Å². The van der Waals surface area contributed by atoms with E-state index < -0.39 is 0 Å². The quantitative estimate of drug-likeness (QED) is 0.500. The molecular formula is C16H30BrN. The number of hydrogen-bond donors (Lipinski definition) is 0. The molecule has 18 heavy (non-hydrogen) atoms. The summed E-state index contributed by atoms with van der Waals surface area (Å²) in [7, 11) is 0. The molecule has 1 nitrogen and oxygen atoms in total. The van der Waals surface area contributed by atoms with Crippen molar-refractivity contribution in [2.24, 2.45) is 11.3 Å². The normalized spacial score (nSPS) is 24.8. The van der Waals surface area contributed by atoms with Gasteiger partial charge in [-0.2, -0.15) is 0 Å². The third-order valence-corrected chi connectivity index (χ3v) is 6.38. The second kappa shape index (κ2) is 7.28. The first kappa shape index (κ1) is 14.8. The highest BCUT2D eigenvalue weighted by atomic mass is 79.9. The fourth-order valence-corrected chi connectivity index (χ4v) is 4.37. The van der Waals surface area contributed by atoms with Crippen molar-refractivity contribution in [1.82, 2.24) is 4.90 Å². The number of rotatable bonds is 6. The largest absolute Gasteiger partial charge is 0.303 e. The van der Waals surface area contributed by atoms with Gasteiger partial charge in [-0.3, -0.25) is 0 Å². The summed E-state index contributed by atoms with van der Waals surface area (Å²) in [5, 5.41) is 1.21. The summed E-state index contributed by atoms with van der Waals surface area (Å²) in [5.74, 6) is 1.02. The Balaban J connectivity index is 1.88. The molecule has 2 aliphatic carbocycles. The number of hydrogen-bond acceptors (Lipinski definition) is 1. The summed E-state index contributed by atoms with van der Waals surface area (Å²) in [6.45, 7) is 6.29. The van der Waals surface area contributed by atoms with Crippen LogP contribution < -0.4 is 0 Å². The molecule has 2 saturated carbocycles. The lowest BCUT2D eigenvalue weighted by Crippen LogP contribution is -2.42. The molecule has 106 valence electrons. The fraction of sp³-hybridized carbons (Fsp3) is 1.00. The van der Waals surface area contributed by atoms with Gasteiger partial charge in [0, 0.05) is 18.4 Å². The van der Waals surface area contributed by atoms with Crippen molar-refractivity contribution in [2.45, 2.75) is 64.7 Å². The molecule has 0 atom stereocenters. The van der Waals surface area contributed by atoms with E-state index in [2.05, 4.69) is 27.8 Å². The Kier molecular flexibility index (Phi) is 6.00. The molecular weight excluding hydrogens is 286 g/mol. The second-order valence-electron chi connectivity index (χ2n) is 6.67. The van der Waals surface area contributed by atoms with E-state index in [1.54, 1.807) is 0 Å². The van der Waals surface area contributed by atoms with Crippen LogP contribution in [0.25, 0.3) is 0 Å². The minimum absolute atomic E-state index is 0.580. The van der Waals surface area contributed by atoms with Gasteiger partial charge in [0.1, 0.15) is 0 Å². The molecule has 0 radical (unpaired) electrons. The van der Waals surface area contributed by atoms with Crippen LogP contribution in [0.15, 0.2) is 0 Å². The molecule has 2 rings (SSSR count). The van der Waals surface area contributed by atoms with Crippen LogP contribution in [0.4, 0.5) is 0 Å². The number of halogens is 1. The summed E-state index contributed by atoms with van der Waals surface area (Å²) in [6.07, 6.45) is 13.2. The van der Waals surface area contributed by atoms with Gasteiger partial charge in [0.05, 0.1) is 0 Å². The van der Waals surface area contributed by atoms with E-state index in [-0.39, 0.29) is 0 Å². The lowest BCUT2D eigenvalue weighted by molar-refractivity contribution is 0.117. The van der Waals surface area contributed by atoms with Crippen molar-refractivity contribution < 1.29 is 0 Å². The topological polar surface area (TPSA) is 3.24 Å². The van der Waals surface area contributed by atoms with E-state index in [0.29, 0.717) is 5.41 Å². The zero-order chi connectivity index (χ0) is 12.8. The van der Waals surface area contributed by atoms with Crippen LogP contribution >= 0.6 is 15.9 Å². The Hall–Kier alpha value is 0.440. The predicted molar refractivity (Wildman–Crippen MR) is 83.4 cm³/mol. The fourth-order valence-electron chi connectivity index (χ4n) is 3.63. The molecule has 0 aromatic rings. The average molecular weight is 316 g/mol. The van der Waals surface area contributed by atoms with Crippen molar-refractivity contribution in [1.29, 1.82) is 0 Å². The molecule has 0 N–H and O–H groups in total. The Morgan fingerprint density at radius 3 is 2.17 bits per heavy atom. The zero-order valence-electron chi connectivity index (χ0n) is 12.1. The van der Waals surface area contributed by atoms with Crippen LogP contribution in [0.3, 0.4) is 0 Å². The minimum Gasteiger partial charge on any atom is -0.303 e. The van der Waals surface area contributed by atoms with Crippen molar-refractivity contribution in [2.75, 3.05) is 25.0 Å². The third kappa shape index (κ3) is 3.96. The Morgan fingerprint density at radius 1 is 1.06 bits per heavy atom. The van der Waals surface area contributed by atoms with Gasteiger partial charge in [0.2, 0.25) is 0 Å². The lowest BCUT2D eigenvalue weighted by Gasteiger charge is -2.39. The summed E-state index contributed by atoms with van der Waals surface area (Å²) >= 11 is 3.83. The van der Waals surface area contributed by atoms with Gasteiger partial charge in [-0.05, 0) is 43.6 Å². The molecule has 0 amide bonds. The summed E-state index contributed by atoms with van der Waals surface area (Å²) < 4.78 is 0. The minimum atomic E-state index is 0.580. The Bertz CT molecular complexity index is 229. The van der Waals surface area contributed by atoms with E-state index in [4.69, 9.17) is 0 Å². The molecule has 0 unspecified atom stereocenters. The molecule has 2 heteroatoms. The first-order valence-electron chi connectivity index (χ1n) is 8.06. The highest BCUT2D eigenvalue weighted by Gasteiger charge is 2.32. The SMILES string of the molecule is CCN(CC1CCC1)CC1(CBr)CCCCCC1. The first-order valence-corrected chi connectivity index (χ1v) is 9.18. The Morgan fingerprint density at radius 2 is 1.72 bits per heavy atom. The van der Waals surface area contributed by atoms with Crippen molar-refractivity contribution in [3.63, 3.8) is 0 Å². The van der Waals surface area contributed by atoms with Gasteiger partial charge in [0.15, 0.2) is 0 Å². The molecule has 2 aliphatic rings.